The monoisotopic (exact) mass is 544 g/mol. The molecule has 2 amide bonds. The number of carbonyl (C=O) groups is 2. The summed E-state index contributed by atoms with van der Waals surface area (Å²) in [7, 11) is 0. The van der Waals surface area contributed by atoms with Crippen LogP contribution in [0.15, 0.2) is 18.2 Å². The van der Waals surface area contributed by atoms with Crippen molar-refractivity contribution in [1.82, 2.24) is 10.6 Å². The summed E-state index contributed by atoms with van der Waals surface area (Å²) in [5.74, 6) is -1.02. The summed E-state index contributed by atoms with van der Waals surface area (Å²) in [6, 6.07) is 0.888. The molecule has 0 heterocycles. The van der Waals surface area contributed by atoms with E-state index in [1.807, 2.05) is 13.8 Å². The Balaban J connectivity index is 0.00000196. The van der Waals surface area contributed by atoms with E-state index in [0.717, 1.165) is 0 Å². The number of ether oxygens (including phenoxy) is 1. The molecule has 1 aromatic rings. The molecule has 2 atom stereocenters. The van der Waals surface area contributed by atoms with Gasteiger partial charge in [0.1, 0.15) is 5.60 Å². The Morgan fingerprint density at radius 1 is 0.973 bits per heavy atom. The number of aliphatic hydroxyl groups is 1. The third kappa shape index (κ3) is 14.1. The fourth-order valence-electron chi connectivity index (χ4n) is 3.28. The van der Waals surface area contributed by atoms with Gasteiger partial charge in [-0.25, -0.2) is 4.79 Å². The van der Waals surface area contributed by atoms with Crippen molar-refractivity contribution in [2.45, 2.75) is 104 Å². The highest BCUT2D eigenvalue weighted by Gasteiger charge is 2.37. The average molecular weight is 545 g/mol. The molecule has 12 heteroatoms. The van der Waals surface area contributed by atoms with E-state index < -0.39 is 53.5 Å². The molecule has 1 aliphatic carbocycles. The third-order valence-electron chi connectivity index (χ3n) is 4.64. The van der Waals surface area contributed by atoms with E-state index >= 15 is 0 Å². The van der Waals surface area contributed by atoms with E-state index in [0.29, 0.717) is 31.4 Å². The number of amides is 2. The van der Waals surface area contributed by atoms with Gasteiger partial charge < -0.3 is 20.5 Å². The van der Waals surface area contributed by atoms with Crippen LogP contribution in [0.25, 0.3) is 0 Å². The van der Waals surface area contributed by atoms with Crippen LogP contribution in [0.2, 0.25) is 0 Å². The Bertz CT molecular complexity index is 829. The first-order valence-corrected chi connectivity index (χ1v) is 12.0. The van der Waals surface area contributed by atoms with Crippen molar-refractivity contribution in [3.05, 3.63) is 34.9 Å². The highest BCUT2D eigenvalue weighted by atomic mass is 19.4. The number of rotatable bonds is 4. The van der Waals surface area contributed by atoms with Crippen LogP contribution >= 0.6 is 0 Å². The van der Waals surface area contributed by atoms with Gasteiger partial charge in [-0.15, -0.1) is 0 Å². The normalized spacial score (nSPS) is 17.7. The second kappa shape index (κ2) is 14.4. The van der Waals surface area contributed by atoms with Gasteiger partial charge in [-0.3, -0.25) is 4.79 Å². The van der Waals surface area contributed by atoms with Gasteiger partial charge in [0.15, 0.2) is 0 Å². The van der Waals surface area contributed by atoms with E-state index in [4.69, 9.17) is 9.84 Å². The highest BCUT2D eigenvalue weighted by molar-refractivity contribution is 5.79. The summed E-state index contributed by atoms with van der Waals surface area (Å²) in [4.78, 5) is 24.2. The quantitative estimate of drug-likeness (QED) is 0.381. The number of hydrogen-bond donors (Lipinski definition) is 3. The molecule has 1 fully saturated rings. The van der Waals surface area contributed by atoms with Crippen molar-refractivity contribution in [2.75, 3.05) is 0 Å². The number of alkyl carbamates (subject to hydrolysis) is 1. The average Bonchev–Trinajstić information content (AvgIpc) is 3.18. The summed E-state index contributed by atoms with van der Waals surface area (Å²) in [5, 5.41) is 13.1. The molecule has 0 unspecified atom stereocenters. The Hall–Kier alpha value is -2.50. The van der Waals surface area contributed by atoms with Gasteiger partial charge in [0, 0.05) is 24.6 Å². The zero-order chi connectivity index (χ0) is 29.2. The van der Waals surface area contributed by atoms with Crippen LogP contribution in [0.4, 0.5) is 31.1 Å². The van der Waals surface area contributed by atoms with Gasteiger partial charge >= 0.3 is 18.4 Å². The first kappa shape index (κ1) is 34.5. The lowest BCUT2D eigenvalue weighted by molar-refractivity contribution is -0.143. The fraction of sp³-hybridized carbons (Fsp3) is 0.680. The number of benzene rings is 1. The van der Waals surface area contributed by atoms with Gasteiger partial charge in [-0.05, 0) is 77.6 Å². The third-order valence-corrected chi connectivity index (χ3v) is 4.64. The maximum absolute atomic E-state index is 12.9. The topological polar surface area (TPSA) is 87.7 Å². The summed E-state index contributed by atoms with van der Waals surface area (Å²) in [6.07, 6.45) is -9.48. The van der Waals surface area contributed by atoms with Gasteiger partial charge in [0.05, 0.1) is 11.1 Å². The number of alkyl halides is 6. The van der Waals surface area contributed by atoms with Crippen LogP contribution < -0.4 is 10.6 Å². The molecular formula is C25H38F6N2O4. The van der Waals surface area contributed by atoms with E-state index in [9.17, 15) is 35.9 Å². The van der Waals surface area contributed by atoms with Gasteiger partial charge in [0.2, 0.25) is 5.91 Å². The van der Waals surface area contributed by atoms with Crippen molar-refractivity contribution in [1.29, 1.82) is 0 Å². The molecule has 2 rings (SSSR count). The number of aliphatic hydroxyl groups excluding tert-OH is 1. The molecule has 0 aliphatic heterocycles. The van der Waals surface area contributed by atoms with Crippen LogP contribution in [0, 0.1) is 5.92 Å². The lowest BCUT2D eigenvalue weighted by Crippen LogP contribution is -2.38. The smallest absolute Gasteiger partial charge is 0.416 e. The minimum absolute atomic E-state index is 0.0369. The molecule has 0 aromatic heterocycles. The first-order valence-electron chi connectivity index (χ1n) is 12.0. The summed E-state index contributed by atoms with van der Waals surface area (Å²) < 4.78 is 82.7. The lowest BCUT2D eigenvalue weighted by Gasteiger charge is -2.21. The van der Waals surface area contributed by atoms with Crippen LogP contribution in [-0.2, 0) is 28.4 Å². The molecule has 214 valence electrons. The Kier molecular flexibility index (Phi) is 13.5. The van der Waals surface area contributed by atoms with Crippen LogP contribution in [0.5, 0.6) is 0 Å². The Labute approximate surface area is 214 Å². The molecule has 1 aromatic carbocycles. The van der Waals surface area contributed by atoms with E-state index in [-0.39, 0.29) is 23.8 Å². The molecule has 0 spiro atoms. The van der Waals surface area contributed by atoms with Gasteiger partial charge in [0.25, 0.3) is 0 Å². The SMILES string of the molecule is CC.CC(C)(C)OC(=O)N[C@@H]1CC[C@H](C(=O)NCc2cc(C(F)(F)F)cc(C(F)(F)F)c2)C1.CC(C)O. The largest absolute Gasteiger partial charge is 0.444 e. The molecule has 37 heavy (non-hydrogen) atoms. The summed E-state index contributed by atoms with van der Waals surface area (Å²) in [5.41, 5.74) is -3.86. The van der Waals surface area contributed by atoms with E-state index in [1.54, 1.807) is 34.6 Å². The molecule has 3 N–H and O–H groups in total. The minimum atomic E-state index is -4.95. The Morgan fingerprint density at radius 3 is 1.84 bits per heavy atom. The number of nitrogens with one attached hydrogen (secondary N) is 2. The molecule has 0 bridgehead atoms. The standard InChI is InChI=1S/C20H24F6N2O3.C3H8O.C2H6/c1-18(2,3)31-17(30)28-15-5-4-12(8-15)16(29)27-10-11-6-13(19(21,22)23)9-14(7-11)20(24,25)26;1-3(2)4;1-2/h6-7,9,12,15H,4-5,8,10H2,1-3H3,(H,27,29)(H,28,30);3-4H,1-2H3;1-2H3/t12-,15+;;/m0../s1. The molecule has 0 radical (unpaired) electrons. The van der Waals surface area contributed by atoms with Crippen molar-refractivity contribution < 1.29 is 45.8 Å². The summed E-state index contributed by atoms with van der Waals surface area (Å²) >= 11 is 0. The van der Waals surface area contributed by atoms with Crippen molar-refractivity contribution in [3.8, 4) is 0 Å². The maximum atomic E-state index is 12.9. The summed E-state index contributed by atoms with van der Waals surface area (Å²) in [6.45, 7) is 12.1. The predicted molar refractivity (Wildman–Crippen MR) is 127 cm³/mol. The van der Waals surface area contributed by atoms with Gasteiger partial charge in [-0.1, -0.05) is 13.8 Å². The number of halogens is 6. The van der Waals surface area contributed by atoms with Crippen LogP contribution in [-0.4, -0.2) is 34.9 Å². The molecular weight excluding hydrogens is 506 g/mol. The van der Waals surface area contributed by atoms with E-state index in [2.05, 4.69) is 10.6 Å². The second-order valence-electron chi connectivity index (χ2n) is 9.58. The lowest BCUT2D eigenvalue weighted by atomic mass is 10.0. The van der Waals surface area contributed by atoms with Crippen molar-refractivity contribution >= 4 is 12.0 Å². The first-order chi connectivity index (χ1) is 16.8. The minimum Gasteiger partial charge on any atom is -0.444 e. The van der Waals surface area contributed by atoms with Crippen LogP contribution in [0.1, 0.15) is 84.4 Å². The molecule has 1 saturated carbocycles. The molecule has 6 nitrogen and oxygen atoms in total. The molecule has 0 saturated heterocycles. The second-order valence-corrected chi connectivity index (χ2v) is 9.58. The number of hydrogen-bond acceptors (Lipinski definition) is 4. The fourth-order valence-corrected chi connectivity index (χ4v) is 3.28. The zero-order valence-electron chi connectivity index (χ0n) is 22.2. The van der Waals surface area contributed by atoms with Crippen molar-refractivity contribution in [2.24, 2.45) is 5.92 Å². The number of carbonyl (C=O) groups excluding carboxylic acids is 2. The van der Waals surface area contributed by atoms with E-state index in [1.165, 1.54) is 0 Å². The zero-order valence-corrected chi connectivity index (χ0v) is 22.2. The highest BCUT2D eigenvalue weighted by Crippen LogP contribution is 2.36. The van der Waals surface area contributed by atoms with Crippen molar-refractivity contribution in [3.63, 3.8) is 0 Å². The Morgan fingerprint density at radius 2 is 1.43 bits per heavy atom. The molecule has 1 aliphatic rings. The van der Waals surface area contributed by atoms with Gasteiger partial charge in [-0.2, -0.15) is 26.3 Å². The van der Waals surface area contributed by atoms with Crippen LogP contribution in [0.3, 0.4) is 0 Å². The maximum Gasteiger partial charge on any atom is 0.416 e. The predicted octanol–water partition coefficient (Wildman–Crippen LogP) is 6.45.